The highest BCUT2D eigenvalue weighted by Crippen LogP contribution is 2.39. The van der Waals surface area contributed by atoms with Crippen LogP contribution < -0.4 is 4.90 Å². The molecule has 1 aromatic carbocycles. The van der Waals surface area contributed by atoms with Gasteiger partial charge in [0.25, 0.3) is 0 Å². The topological polar surface area (TPSA) is 46.6 Å². The Labute approximate surface area is 119 Å². The average molecular weight is 275 g/mol. The number of amides is 1. The molecule has 108 valence electrons. The van der Waals surface area contributed by atoms with Gasteiger partial charge in [0.2, 0.25) is 0 Å². The Bertz CT molecular complexity index is 604. The van der Waals surface area contributed by atoms with Crippen molar-refractivity contribution in [2.75, 3.05) is 12.0 Å². The van der Waals surface area contributed by atoms with Crippen molar-refractivity contribution in [3.05, 3.63) is 27.8 Å². The molecule has 0 bridgehead atoms. The first kappa shape index (κ1) is 14.6. The van der Waals surface area contributed by atoms with Gasteiger partial charge < -0.3 is 4.74 Å². The Balaban J connectivity index is 2.82. The molecule has 1 aliphatic heterocycles. The van der Waals surface area contributed by atoms with Crippen molar-refractivity contribution in [3.8, 4) is 0 Å². The molecule has 0 saturated carbocycles. The van der Waals surface area contributed by atoms with Gasteiger partial charge in [0, 0.05) is 18.0 Å². The summed E-state index contributed by atoms with van der Waals surface area (Å²) in [7, 11) is 1.37. The van der Waals surface area contributed by atoms with Crippen molar-refractivity contribution in [1.29, 1.82) is 0 Å². The number of rotatable bonds is 0. The van der Waals surface area contributed by atoms with E-state index in [1.807, 2.05) is 34.6 Å². The minimum Gasteiger partial charge on any atom is -0.452 e. The zero-order valence-corrected chi connectivity index (χ0v) is 13.0. The third-order valence-electron chi connectivity index (χ3n) is 4.47. The van der Waals surface area contributed by atoms with Crippen LogP contribution in [0.2, 0.25) is 0 Å². The third kappa shape index (κ3) is 1.90. The molecule has 0 fully saturated rings. The maximum atomic E-state index is 12.4. The molecule has 0 spiro atoms. The van der Waals surface area contributed by atoms with Crippen LogP contribution in [0.4, 0.5) is 10.5 Å². The van der Waals surface area contributed by atoms with Crippen LogP contribution in [0.25, 0.3) is 0 Å². The van der Waals surface area contributed by atoms with Crippen LogP contribution in [-0.2, 0) is 4.74 Å². The van der Waals surface area contributed by atoms with Gasteiger partial charge in [0.1, 0.15) is 0 Å². The number of hydrogen-bond donors (Lipinski definition) is 0. The van der Waals surface area contributed by atoms with E-state index < -0.39 is 6.09 Å². The summed E-state index contributed by atoms with van der Waals surface area (Å²) in [6.07, 6.45) is -0.0674. The van der Waals surface area contributed by atoms with Gasteiger partial charge in [-0.1, -0.05) is 0 Å². The fraction of sp³-hybridized carbons (Fsp3) is 0.500. The number of benzene rings is 1. The fourth-order valence-corrected chi connectivity index (χ4v) is 2.99. The lowest BCUT2D eigenvalue weighted by Crippen LogP contribution is -2.44. The molecule has 2 rings (SSSR count). The minimum atomic E-state index is -0.406. The number of carbonyl (C=O) groups is 2. The second kappa shape index (κ2) is 4.93. The lowest BCUT2D eigenvalue weighted by Gasteiger charge is -2.36. The van der Waals surface area contributed by atoms with E-state index in [0.29, 0.717) is 12.0 Å². The Morgan fingerprint density at radius 3 is 2.20 bits per heavy atom. The van der Waals surface area contributed by atoms with Crippen LogP contribution in [0.5, 0.6) is 0 Å². The van der Waals surface area contributed by atoms with E-state index in [4.69, 9.17) is 4.74 Å². The quantitative estimate of drug-likeness (QED) is 0.728. The Hall–Kier alpha value is -1.84. The molecule has 0 aliphatic carbocycles. The van der Waals surface area contributed by atoms with Gasteiger partial charge in [-0.2, -0.15) is 0 Å². The van der Waals surface area contributed by atoms with Crippen molar-refractivity contribution in [3.63, 3.8) is 0 Å². The molecule has 4 heteroatoms. The van der Waals surface area contributed by atoms with Crippen LogP contribution in [0.15, 0.2) is 0 Å². The fourth-order valence-electron chi connectivity index (χ4n) is 2.99. The molecular formula is C16H21NO3. The van der Waals surface area contributed by atoms with Crippen molar-refractivity contribution in [1.82, 2.24) is 0 Å². The van der Waals surface area contributed by atoms with Gasteiger partial charge in [0.05, 0.1) is 12.8 Å². The largest absolute Gasteiger partial charge is 0.452 e. The number of nitrogens with zero attached hydrogens (tertiary/aromatic N) is 1. The second-order valence-corrected chi connectivity index (χ2v) is 5.54. The molecule has 1 aromatic rings. The number of ether oxygens (including phenoxy) is 1. The van der Waals surface area contributed by atoms with E-state index in [1.165, 1.54) is 7.11 Å². The summed E-state index contributed by atoms with van der Waals surface area (Å²) in [6.45, 7) is 9.83. The molecular weight excluding hydrogens is 254 g/mol. The monoisotopic (exact) mass is 275 g/mol. The van der Waals surface area contributed by atoms with E-state index >= 15 is 0 Å². The minimum absolute atomic E-state index is 0.108. The second-order valence-electron chi connectivity index (χ2n) is 5.54. The summed E-state index contributed by atoms with van der Waals surface area (Å²) in [5, 5.41) is 0. The number of fused-ring (bicyclic) bond motifs is 1. The molecule has 1 heterocycles. The third-order valence-corrected chi connectivity index (χ3v) is 4.47. The summed E-state index contributed by atoms with van der Waals surface area (Å²) in [4.78, 5) is 26.1. The van der Waals surface area contributed by atoms with Gasteiger partial charge >= 0.3 is 6.09 Å². The lowest BCUT2D eigenvalue weighted by atomic mass is 9.85. The maximum Gasteiger partial charge on any atom is 0.414 e. The highest BCUT2D eigenvalue weighted by atomic mass is 16.5. The molecule has 0 saturated heterocycles. The first-order valence-electron chi connectivity index (χ1n) is 6.82. The van der Waals surface area contributed by atoms with Crippen LogP contribution in [0, 0.1) is 27.7 Å². The Morgan fingerprint density at radius 2 is 1.65 bits per heavy atom. The summed E-state index contributed by atoms with van der Waals surface area (Å²) in [5.41, 5.74) is 5.59. The van der Waals surface area contributed by atoms with Crippen molar-refractivity contribution < 1.29 is 14.3 Å². The number of carbonyl (C=O) groups excluding carboxylic acids is 2. The lowest BCUT2D eigenvalue weighted by molar-refractivity contribution is 0.0966. The first-order chi connectivity index (χ1) is 9.31. The molecule has 0 aromatic heterocycles. The predicted molar refractivity (Wildman–Crippen MR) is 78.7 cm³/mol. The van der Waals surface area contributed by atoms with E-state index in [0.717, 1.165) is 27.9 Å². The zero-order chi connectivity index (χ0) is 15.2. The van der Waals surface area contributed by atoms with Crippen molar-refractivity contribution >= 4 is 17.6 Å². The predicted octanol–water partition coefficient (Wildman–Crippen LogP) is 3.47. The number of anilines is 1. The highest BCUT2D eigenvalue weighted by Gasteiger charge is 2.36. The summed E-state index contributed by atoms with van der Waals surface area (Å²) in [6, 6.07) is -0.178. The van der Waals surface area contributed by atoms with E-state index in [-0.39, 0.29) is 11.8 Å². The number of ketones is 1. The molecule has 1 aliphatic rings. The molecule has 0 N–H and O–H groups in total. The van der Waals surface area contributed by atoms with Gasteiger partial charge in [-0.05, 0) is 56.9 Å². The maximum absolute atomic E-state index is 12.4. The van der Waals surface area contributed by atoms with Crippen molar-refractivity contribution in [2.24, 2.45) is 0 Å². The van der Waals surface area contributed by atoms with Gasteiger partial charge in [-0.25, -0.2) is 4.79 Å². The normalized spacial score (nSPS) is 18.0. The van der Waals surface area contributed by atoms with Gasteiger partial charge in [-0.15, -0.1) is 0 Å². The van der Waals surface area contributed by atoms with Crippen molar-refractivity contribution in [2.45, 2.75) is 47.1 Å². The number of hydrogen-bond acceptors (Lipinski definition) is 3. The summed E-state index contributed by atoms with van der Waals surface area (Å²) in [5.74, 6) is 0.108. The van der Waals surface area contributed by atoms with Crippen LogP contribution in [0.3, 0.4) is 0 Å². The van der Waals surface area contributed by atoms with E-state index in [1.54, 1.807) is 4.90 Å². The Morgan fingerprint density at radius 1 is 1.10 bits per heavy atom. The molecule has 1 amide bonds. The van der Waals surface area contributed by atoms with Gasteiger partial charge in [-0.3, -0.25) is 9.69 Å². The Kier molecular flexibility index (Phi) is 3.59. The summed E-state index contributed by atoms with van der Waals surface area (Å²) < 4.78 is 4.89. The standard InChI is InChI=1S/C16H21NO3/c1-8-7-13(18)14-11(4)9(2)10(3)12(5)15(14)17(8)16(19)20-6/h8H,7H2,1-6H3. The van der Waals surface area contributed by atoms with Crippen LogP contribution in [-0.4, -0.2) is 25.0 Å². The number of methoxy groups -OCH3 is 1. The van der Waals surface area contributed by atoms with E-state index in [2.05, 4.69) is 0 Å². The molecule has 0 radical (unpaired) electrons. The molecule has 1 atom stereocenters. The van der Waals surface area contributed by atoms with Crippen LogP contribution in [0.1, 0.15) is 46.0 Å². The van der Waals surface area contributed by atoms with E-state index in [9.17, 15) is 9.59 Å². The summed E-state index contributed by atoms with van der Waals surface area (Å²) >= 11 is 0. The molecule has 1 unspecified atom stereocenters. The SMILES string of the molecule is COC(=O)N1c2c(C)c(C)c(C)c(C)c2C(=O)CC1C. The highest BCUT2D eigenvalue weighted by molar-refractivity contribution is 6.10. The zero-order valence-electron chi connectivity index (χ0n) is 13.0. The molecule has 4 nitrogen and oxygen atoms in total. The smallest absolute Gasteiger partial charge is 0.414 e. The number of Topliss-reactive ketones (excluding diaryl/α,β-unsaturated/α-hetero) is 1. The van der Waals surface area contributed by atoms with Crippen LogP contribution >= 0.6 is 0 Å². The average Bonchev–Trinajstić information content (AvgIpc) is 2.41. The molecule has 20 heavy (non-hydrogen) atoms. The first-order valence-corrected chi connectivity index (χ1v) is 6.82. The van der Waals surface area contributed by atoms with Gasteiger partial charge in [0.15, 0.2) is 5.78 Å².